The van der Waals surface area contributed by atoms with Gasteiger partial charge in [0.2, 0.25) is 11.8 Å². The second-order valence-corrected chi connectivity index (χ2v) is 11.6. The molecule has 1 aromatic heterocycles. The molecule has 2 aliphatic carbocycles. The van der Waals surface area contributed by atoms with E-state index >= 15 is 0 Å². The number of likely N-dealkylation sites (tertiary alicyclic amines) is 1. The summed E-state index contributed by atoms with van der Waals surface area (Å²) < 4.78 is 27.7. The van der Waals surface area contributed by atoms with Crippen LogP contribution in [-0.2, 0) is 9.59 Å². The van der Waals surface area contributed by atoms with E-state index in [1.54, 1.807) is 11.0 Å². The van der Waals surface area contributed by atoms with Crippen LogP contribution in [0.1, 0.15) is 74.7 Å². The summed E-state index contributed by atoms with van der Waals surface area (Å²) in [5.41, 5.74) is 6.06. The van der Waals surface area contributed by atoms with Crippen molar-refractivity contribution in [1.29, 1.82) is 0 Å². The molecule has 10 heteroatoms. The number of aromatic nitrogens is 1. The highest BCUT2D eigenvalue weighted by Crippen LogP contribution is 2.41. The highest BCUT2D eigenvalue weighted by molar-refractivity contribution is 6.01. The highest BCUT2D eigenvalue weighted by Gasteiger charge is 2.47. The standard InChI is InChI=1S/C29H38F2N4O4/c30-15-22(32)17-6-8-18(9-7-17)28(37)35-13-12-20(16-4-2-1-3-5-16)26(35)27(36)33-19-10-11-23-21(14-19)24(31)25(34-23)29(38)39/h10-11,14,16-18,20,22,26,34H,1-9,12-13,15,32H2,(H,33,36)(H,38,39)/t17?,18?,20-,22?,26-/m0/s1. The number of halogens is 2. The van der Waals surface area contributed by atoms with Crippen molar-refractivity contribution in [3.8, 4) is 0 Å². The maximum absolute atomic E-state index is 14.7. The lowest BCUT2D eigenvalue weighted by Crippen LogP contribution is -2.50. The number of anilines is 1. The Morgan fingerprint density at radius 2 is 1.79 bits per heavy atom. The molecule has 2 amide bonds. The molecule has 1 aliphatic heterocycles. The van der Waals surface area contributed by atoms with Gasteiger partial charge in [-0.1, -0.05) is 32.1 Å². The number of rotatable bonds is 7. The van der Waals surface area contributed by atoms with Crippen LogP contribution in [0.15, 0.2) is 18.2 Å². The molecule has 2 aromatic rings. The molecule has 2 heterocycles. The van der Waals surface area contributed by atoms with Gasteiger partial charge in [0.1, 0.15) is 12.7 Å². The Morgan fingerprint density at radius 3 is 2.46 bits per heavy atom. The SMILES string of the molecule is NC(CF)C1CCC(C(=O)N2CC[C@@H](C3CCCCC3)[C@H]2C(=O)Nc2ccc3[nH]c(C(=O)O)c(F)c3c2)CC1. The van der Waals surface area contributed by atoms with Crippen molar-refractivity contribution in [3.05, 3.63) is 29.7 Å². The van der Waals surface area contributed by atoms with E-state index in [0.29, 0.717) is 49.4 Å². The summed E-state index contributed by atoms with van der Waals surface area (Å²) in [5.74, 6) is -2.28. The molecule has 0 bridgehead atoms. The number of nitrogens with one attached hydrogen (secondary N) is 2. The van der Waals surface area contributed by atoms with Crippen LogP contribution in [0.5, 0.6) is 0 Å². The van der Waals surface area contributed by atoms with Crippen LogP contribution in [0.3, 0.4) is 0 Å². The first-order valence-electron chi connectivity index (χ1n) is 14.3. The van der Waals surface area contributed by atoms with Crippen LogP contribution >= 0.6 is 0 Å². The normalized spacial score (nSPS) is 27.0. The minimum Gasteiger partial charge on any atom is -0.476 e. The fraction of sp³-hybridized carbons (Fsp3) is 0.621. The van der Waals surface area contributed by atoms with E-state index in [-0.39, 0.29) is 35.0 Å². The van der Waals surface area contributed by atoms with Gasteiger partial charge in [-0.15, -0.1) is 0 Å². The second kappa shape index (κ2) is 11.6. The predicted molar refractivity (Wildman–Crippen MR) is 143 cm³/mol. The summed E-state index contributed by atoms with van der Waals surface area (Å²) in [6, 6.07) is 3.46. The largest absolute Gasteiger partial charge is 0.476 e. The lowest BCUT2D eigenvalue weighted by Gasteiger charge is -2.36. The van der Waals surface area contributed by atoms with E-state index in [0.717, 1.165) is 32.1 Å². The molecule has 39 heavy (non-hydrogen) atoms. The van der Waals surface area contributed by atoms with Gasteiger partial charge in [0.05, 0.1) is 0 Å². The zero-order chi connectivity index (χ0) is 27.7. The predicted octanol–water partition coefficient (Wildman–Crippen LogP) is 4.84. The summed E-state index contributed by atoms with van der Waals surface area (Å²) in [7, 11) is 0. The van der Waals surface area contributed by atoms with Gasteiger partial charge in [-0.2, -0.15) is 0 Å². The van der Waals surface area contributed by atoms with Gasteiger partial charge in [0, 0.05) is 35.1 Å². The van der Waals surface area contributed by atoms with E-state index in [9.17, 15) is 28.3 Å². The molecular formula is C29H38F2N4O4. The minimum atomic E-state index is -1.40. The zero-order valence-corrected chi connectivity index (χ0v) is 22.1. The van der Waals surface area contributed by atoms with Crippen molar-refractivity contribution in [2.45, 2.75) is 76.3 Å². The molecule has 3 aliphatic rings. The number of carboxylic acids is 1. The first-order chi connectivity index (χ1) is 18.8. The average molecular weight is 545 g/mol. The molecule has 212 valence electrons. The third-order valence-corrected chi connectivity index (χ3v) is 9.37. The number of carbonyl (C=O) groups is 3. The molecular weight excluding hydrogens is 506 g/mol. The van der Waals surface area contributed by atoms with Crippen LogP contribution in [0, 0.1) is 29.5 Å². The van der Waals surface area contributed by atoms with Crippen LogP contribution in [0.25, 0.3) is 10.9 Å². The number of carboxylic acid groups (broad SMARTS) is 1. The van der Waals surface area contributed by atoms with Crippen molar-refractivity contribution >= 4 is 34.4 Å². The van der Waals surface area contributed by atoms with Crippen molar-refractivity contribution in [3.63, 3.8) is 0 Å². The van der Waals surface area contributed by atoms with Gasteiger partial charge >= 0.3 is 5.97 Å². The molecule has 1 unspecified atom stereocenters. The number of fused-ring (bicyclic) bond motifs is 1. The molecule has 5 rings (SSSR count). The Balaban J connectivity index is 1.36. The van der Waals surface area contributed by atoms with Crippen molar-refractivity contribution in [1.82, 2.24) is 9.88 Å². The Kier molecular flexibility index (Phi) is 8.21. The van der Waals surface area contributed by atoms with E-state index in [2.05, 4.69) is 10.3 Å². The minimum absolute atomic E-state index is 0.0149. The van der Waals surface area contributed by atoms with Gasteiger partial charge in [0.25, 0.3) is 0 Å². The smallest absolute Gasteiger partial charge is 0.355 e. The van der Waals surface area contributed by atoms with E-state index < -0.39 is 36.2 Å². The number of H-pyrrole nitrogens is 1. The fourth-order valence-electron chi connectivity index (χ4n) is 7.21. The highest BCUT2D eigenvalue weighted by atomic mass is 19.1. The first kappa shape index (κ1) is 27.6. The number of hydrogen-bond donors (Lipinski definition) is 4. The van der Waals surface area contributed by atoms with E-state index in [1.807, 2.05) is 0 Å². The lowest BCUT2D eigenvalue weighted by molar-refractivity contribution is -0.142. The molecule has 8 nitrogen and oxygen atoms in total. The van der Waals surface area contributed by atoms with E-state index in [1.165, 1.54) is 18.6 Å². The zero-order valence-electron chi connectivity index (χ0n) is 22.1. The van der Waals surface area contributed by atoms with Crippen LogP contribution in [0.4, 0.5) is 14.5 Å². The van der Waals surface area contributed by atoms with Gasteiger partial charge in [-0.05, 0) is 68.1 Å². The van der Waals surface area contributed by atoms with Crippen LogP contribution in [-0.4, -0.2) is 58.1 Å². The summed E-state index contributed by atoms with van der Waals surface area (Å²) in [6.07, 6.45) is 8.99. The van der Waals surface area contributed by atoms with Crippen molar-refractivity contribution < 1.29 is 28.3 Å². The lowest BCUT2D eigenvalue weighted by atomic mass is 9.76. The van der Waals surface area contributed by atoms with Crippen LogP contribution < -0.4 is 11.1 Å². The second-order valence-electron chi connectivity index (χ2n) is 11.6. The van der Waals surface area contributed by atoms with Gasteiger partial charge < -0.3 is 26.0 Å². The number of alkyl halides is 1. The summed E-state index contributed by atoms with van der Waals surface area (Å²) in [5, 5.41) is 12.2. The molecule has 0 radical (unpaired) electrons. The summed E-state index contributed by atoms with van der Waals surface area (Å²) in [4.78, 5) is 43.2. The van der Waals surface area contributed by atoms with Gasteiger partial charge in [0.15, 0.2) is 11.5 Å². The van der Waals surface area contributed by atoms with Crippen LogP contribution in [0.2, 0.25) is 0 Å². The number of benzene rings is 1. The molecule has 1 saturated heterocycles. The molecule has 2 saturated carbocycles. The van der Waals surface area contributed by atoms with Crippen molar-refractivity contribution in [2.75, 3.05) is 18.5 Å². The average Bonchev–Trinajstić information content (AvgIpc) is 3.54. The number of aromatic amines is 1. The number of amides is 2. The quantitative estimate of drug-likeness (QED) is 0.396. The number of carbonyl (C=O) groups excluding carboxylic acids is 2. The van der Waals surface area contributed by atoms with Gasteiger partial charge in [-0.3, -0.25) is 9.59 Å². The Morgan fingerprint density at radius 1 is 1.08 bits per heavy atom. The Hall–Kier alpha value is -3.01. The Labute approximate surface area is 226 Å². The van der Waals surface area contributed by atoms with Gasteiger partial charge in [-0.25, -0.2) is 13.6 Å². The molecule has 3 atom stereocenters. The number of aromatic carboxylic acids is 1. The topological polar surface area (TPSA) is 129 Å². The fourth-order valence-corrected chi connectivity index (χ4v) is 7.21. The number of hydrogen-bond acceptors (Lipinski definition) is 4. The van der Waals surface area contributed by atoms with E-state index in [4.69, 9.17) is 5.73 Å². The summed E-state index contributed by atoms with van der Waals surface area (Å²) in [6.45, 7) is -0.0355. The number of nitrogens with two attached hydrogens (primary N) is 1. The third-order valence-electron chi connectivity index (χ3n) is 9.37. The molecule has 1 aromatic carbocycles. The maximum atomic E-state index is 14.7. The molecule has 5 N–H and O–H groups in total. The number of nitrogens with zero attached hydrogens (tertiary/aromatic N) is 1. The Bertz CT molecular complexity index is 1220. The third kappa shape index (κ3) is 5.53. The van der Waals surface area contributed by atoms with Crippen molar-refractivity contribution in [2.24, 2.45) is 29.4 Å². The molecule has 3 fully saturated rings. The maximum Gasteiger partial charge on any atom is 0.355 e. The monoisotopic (exact) mass is 544 g/mol. The summed E-state index contributed by atoms with van der Waals surface area (Å²) >= 11 is 0. The first-order valence-corrected chi connectivity index (χ1v) is 14.3. The molecule has 0 spiro atoms.